The molecule has 29 heavy (non-hydrogen) atoms. The fourth-order valence-electron chi connectivity index (χ4n) is 3.31. The summed E-state index contributed by atoms with van der Waals surface area (Å²) in [6.07, 6.45) is 2.11. The molecule has 2 atom stereocenters. The number of nitrogens with zero attached hydrogens (tertiary/aromatic N) is 2. The van der Waals surface area contributed by atoms with Crippen LogP contribution in [-0.4, -0.2) is 69.7 Å². The summed E-state index contributed by atoms with van der Waals surface area (Å²) >= 11 is 0. The second-order valence-electron chi connectivity index (χ2n) is 7.90. The minimum absolute atomic E-state index is 0.0252. The first-order valence-electron chi connectivity index (χ1n) is 10.4. The maximum atomic E-state index is 11.4. The van der Waals surface area contributed by atoms with Crippen molar-refractivity contribution < 1.29 is 13.2 Å². The zero-order valence-electron chi connectivity index (χ0n) is 18.1. The first-order valence-corrected chi connectivity index (χ1v) is 12.5. The van der Waals surface area contributed by atoms with E-state index in [1.165, 1.54) is 11.8 Å². The van der Waals surface area contributed by atoms with Gasteiger partial charge in [-0.1, -0.05) is 24.3 Å². The van der Waals surface area contributed by atoms with Crippen LogP contribution in [0, 0.1) is 0 Å². The van der Waals surface area contributed by atoms with E-state index in [1.54, 1.807) is 0 Å². The Kier molecular flexibility index (Phi) is 9.39. The highest BCUT2D eigenvalue weighted by Crippen LogP contribution is 2.12. The number of benzene rings is 1. The molecule has 0 saturated carbocycles. The molecule has 2 rings (SSSR count). The van der Waals surface area contributed by atoms with Gasteiger partial charge >= 0.3 is 0 Å². The topological polar surface area (TPSA) is 83.0 Å². The predicted molar refractivity (Wildman–Crippen MR) is 119 cm³/mol. The number of guanidine groups is 1. The van der Waals surface area contributed by atoms with Crippen LogP contribution in [0.25, 0.3) is 0 Å². The van der Waals surface area contributed by atoms with Crippen molar-refractivity contribution >= 4 is 15.8 Å². The molecule has 1 fully saturated rings. The predicted octanol–water partition coefficient (Wildman–Crippen LogP) is 1.79. The van der Waals surface area contributed by atoms with Crippen LogP contribution in [0.15, 0.2) is 29.3 Å². The van der Waals surface area contributed by atoms with E-state index in [9.17, 15) is 8.42 Å². The lowest BCUT2D eigenvalue weighted by Crippen LogP contribution is -2.42. The van der Waals surface area contributed by atoms with Crippen LogP contribution in [-0.2, 0) is 27.7 Å². The van der Waals surface area contributed by atoms with Gasteiger partial charge in [0.25, 0.3) is 0 Å². The van der Waals surface area contributed by atoms with Crippen LogP contribution >= 0.6 is 0 Å². The number of morpholine rings is 1. The van der Waals surface area contributed by atoms with E-state index in [1.807, 2.05) is 13.8 Å². The smallest absolute Gasteiger partial charge is 0.191 e. The maximum absolute atomic E-state index is 11.4. The average Bonchev–Trinajstić information content (AvgIpc) is 2.64. The van der Waals surface area contributed by atoms with Crippen molar-refractivity contribution in [2.24, 2.45) is 4.99 Å². The average molecular weight is 425 g/mol. The lowest BCUT2D eigenvalue weighted by Gasteiger charge is -2.31. The lowest BCUT2D eigenvalue weighted by molar-refractivity contribution is -0.0212. The molecule has 7 nitrogen and oxygen atoms in total. The Morgan fingerprint density at radius 3 is 2.83 bits per heavy atom. The molecule has 2 unspecified atom stereocenters. The van der Waals surface area contributed by atoms with Crippen LogP contribution in [0.3, 0.4) is 0 Å². The van der Waals surface area contributed by atoms with Gasteiger partial charge in [0, 0.05) is 38.5 Å². The molecule has 2 N–H and O–H groups in total. The highest BCUT2D eigenvalue weighted by molar-refractivity contribution is 7.90. The highest BCUT2D eigenvalue weighted by atomic mass is 32.2. The van der Waals surface area contributed by atoms with Crippen molar-refractivity contribution in [3.63, 3.8) is 0 Å². The Labute approximate surface area is 175 Å². The number of rotatable bonds is 9. The molecule has 164 valence electrons. The molecule has 0 aliphatic carbocycles. The molecule has 0 amide bonds. The van der Waals surface area contributed by atoms with E-state index in [4.69, 9.17) is 4.74 Å². The molecular formula is C21H36N4O3S. The zero-order valence-corrected chi connectivity index (χ0v) is 19.0. The molecule has 0 bridgehead atoms. The van der Waals surface area contributed by atoms with Crippen LogP contribution in [0.5, 0.6) is 0 Å². The number of nitrogens with one attached hydrogen (secondary N) is 2. The first-order chi connectivity index (χ1) is 13.7. The summed E-state index contributed by atoms with van der Waals surface area (Å²) in [5.41, 5.74) is 2.44. The van der Waals surface area contributed by atoms with Gasteiger partial charge in [0.1, 0.15) is 9.84 Å². The fraction of sp³-hybridized carbons (Fsp3) is 0.667. The third-order valence-corrected chi connectivity index (χ3v) is 5.77. The molecule has 1 heterocycles. The number of aliphatic imine (C=N–C) groups is 1. The third-order valence-electron chi connectivity index (χ3n) is 4.79. The molecule has 8 heteroatoms. The van der Waals surface area contributed by atoms with Gasteiger partial charge in [-0.25, -0.2) is 13.4 Å². The summed E-state index contributed by atoms with van der Waals surface area (Å²) in [5.74, 6) is 0.879. The van der Waals surface area contributed by atoms with Crippen molar-refractivity contribution in [1.82, 2.24) is 15.5 Å². The van der Waals surface area contributed by atoms with E-state index in [0.717, 1.165) is 38.3 Å². The Hall–Kier alpha value is -1.64. The van der Waals surface area contributed by atoms with Gasteiger partial charge in [-0.15, -0.1) is 0 Å². The second-order valence-corrected chi connectivity index (χ2v) is 10.2. The maximum Gasteiger partial charge on any atom is 0.191 e. The van der Waals surface area contributed by atoms with Crippen LogP contribution in [0.1, 0.15) is 38.3 Å². The van der Waals surface area contributed by atoms with Gasteiger partial charge in [0.2, 0.25) is 0 Å². The molecule has 0 aromatic heterocycles. The number of hydrogen-bond acceptors (Lipinski definition) is 5. The summed E-state index contributed by atoms with van der Waals surface area (Å²) in [6.45, 7) is 11.1. The van der Waals surface area contributed by atoms with Crippen molar-refractivity contribution in [1.29, 1.82) is 0 Å². The quantitative estimate of drug-likeness (QED) is 0.465. The number of sulfone groups is 1. The largest absolute Gasteiger partial charge is 0.376 e. The van der Waals surface area contributed by atoms with Gasteiger partial charge in [0.15, 0.2) is 5.96 Å². The monoisotopic (exact) mass is 424 g/mol. The van der Waals surface area contributed by atoms with Gasteiger partial charge < -0.3 is 15.4 Å². The van der Waals surface area contributed by atoms with E-state index in [0.29, 0.717) is 18.9 Å². The van der Waals surface area contributed by atoms with E-state index >= 15 is 0 Å². The third kappa shape index (κ3) is 9.60. The van der Waals surface area contributed by atoms with Crippen molar-refractivity contribution in [2.45, 2.75) is 52.4 Å². The lowest BCUT2D eigenvalue weighted by atomic mass is 10.1. The van der Waals surface area contributed by atoms with Crippen molar-refractivity contribution in [3.8, 4) is 0 Å². The van der Waals surface area contributed by atoms with E-state index < -0.39 is 9.84 Å². The van der Waals surface area contributed by atoms with Gasteiger partial charge in [-0.05, 0) is 38.3 Å². The Bertz CT molecular complexity index is 767. The molecule has 1 aromatic rings. The van der Waals surface area contributed by atoms with Crippen LogP contribution in [0.2, 0.25) is 0 Å². The Morgan fingerprint density at radius 2 is 2.14 bits per heavy atom. The summed E-state index contributed by atoms with van der Waals surface area (Å²) in [7, 11) is -2.96. The molecule has 1 aliphatic rings. The van der Waals surface area contributed by atoms with E-state index in [-0.39, 0.29) is 17.9 Å². The van der Waals surface area contributed by atoms with Crippen molar-refractivity contribution in [2.75, 3.05) is 38.2 Å². The highest BCUT2D eigenvalue weighted by Gasteiger charge is 2.16. The molecule has 1 saturated heterocycles. The van der Waals surface area contributed by atoms with Gasteiger partial charge in [0.05, 0.1) is 25.0 Å². The molecular weight excluding hydrogens is 388 g/mol. The molecule has 1 aliphatic heterocycles. The summed E-state index contributed by atoms with van der Waals surface area (Å²) in [4.78, 5) is 7.10. The Morgan fingerprint density at radius 1 is 1.38 bits per heavy atom. The second kappa shape index (κ2) is 11.5. The molecule has 0 spiro atoms. The SMILES string of the molecule is CCNC(=NCc1cccc(CN2CCOC(C)C2)c1)NC(C)CCS(C)(=O)=O. The fourth-order valence-corrected chi connectivity index (χ4v) is 4.09. The van der Waals surface area contributed by atoms with Gasteiger partial charge in [-0.2, -0.15) is 0 Å². The summed E-state index contributed by atoms with van der Waals surface area (Å²) < 4.78 is 28.4. The number of ether oxygens (including phenoxy) is 1. The Balaban J connectivity index is 1.94. The number of hydrogen-bond donors (Lipinski definition) is 2. The first kappa shape index (κ1) is 23.6. The van der Waals surface area contributed by atoms with Crippen LogP contribution < -0.4 is 10.6 Å². The normalized spacial score (nSPS) is 19.7. The summed E-state index contributed by atoms with van der Waals surface area (Å²) in [6, 6.07) is 8.56. The minimum Gasteiger partial charge on any atom is -0.376 e. The van der Waals surface area contributed by atoms with E-state index in [2.05, 4.69) is 51.7 Å². The molecule has 0 radical (unpaired) electrons. The van der Waals surface area contributed by atoms with Crippen LogP contribution in [0.4, 0.5) is 0 Å². The standard InChI is InChI=1S/C21H36N4O3S/c1-5-22-21(24-17(2)9-12-29(4,26)27)23-14-19-7-6-8-20(13-19)16-25-10-11-28-18(3)15-25/h6-8,13,17-18H,5,9-12,14-16H2,1-4H3,(H2,22,23,24). The van der Waals surface area contributed by atoms with Crippen molar-refractivity contribution in [3.05, 3.63) is 35.4 Å². The van der Waals surface area contributed by atoms with Gasteiger partial charge in [-0.3, -0.25) is 4.90 Å². The minimum atomic E-state index is -2.96. The summed E-state index contributed by atoms with van der Waals surface area (Å²) in [5, 5.41) is 6.53. The molecule has 1 aromatic carbocycles. The zero-order chi connectivity index (χ0) is 21.3.